The normalized spacial score (nSPS) is 11.4. The lowest BCUT2D eigenvalue weighted by Gasteiger charge is -2.10. The standard InChI is InChI=1S/C7H11NO4/c1-3-6(9)11-4-5(2)12-7(8)10/h3,5H,1,4H2,2H3,(H2,8,10)/t5-/m1/s1. The van der Waals surface area contributed by atoms with Gasteiger partial charge < -0.3 is 15.2 Å². The maximum Gasteiger partial charge on any atom is 0.404 e. The van der Waals surface area contributed by atoms with Crippen LogP contribution in [0.2, 0.25) is 0 Å². The van der Waals surface area contributed by atoms with E-state index in [1.165, 1.54) is 0 Å². The summed E-state index contributed by atoms with van der Waals surface area (Å²) in [7, 11) is 0. The molecule has 0 heterocycles. The third-order valence-electron chi connectivity index (χ3n) is 0.944. The number of esters is 1. The van der Waals surface area contributed by atoms with Crippen LogP contribution in [0.1, 0.15) is 6.92 Å². The molecule has 1 atom stereocenters. The average Bonchev–Trinajstić information content (AvgIpc) is 1.99. The maximum absolute atomic E-state index is 10.5. The van der Waals surface area contributed by atoms with Gasteiger partial charge in [0.1, 0.15) is 12.7 Å². The molecule has 0 aromatic heterocycles. The Bertz CT molecular complexity index is 190. The SMILES string of the molecule is C=CC(=O)OC[C@@H](C)OC(N)=O. The predicted octanol–water partition coefficient (Wildman–Crippen LogP) is 0.199. The molecule has 0 fully saturated rings. The summed E-state index contributed by atoms with van der Waals surface area (Å²) in [6.07, 6.45) is -0.402. The van der Waals surface area contributed by atoms with Crippen molar-refractivity contribution in [1.29, 1.82) is 0 Å². The molecule has 0 aromatic rings. The molecule has 5 heteroatoms. The monoisotopic (exact) mass is 173 g/mol. The number of carbonyl (C=O) groups is 2. The zero-order valence-corrected chi connectivity index (χ0v) is 6.78. The van der Waals surface area contributed by atoms with Gasteiger partial charge in [-0.05, 0) is 6.92 Å². The first-order chi connectivity index (χ1) is 5.56. The number of ether oxygens (including phenoxy) is 2. The highest BCUT2D eigenvalue weighted by Gasteiger charge is 2.07. The summed E-state index contributed by atoms with van der Waals surface area (Å²) in [5.74, 6) is -0.560. The second-order valence-electron chi connectivity index (χ2n) is 2.08. The van der Waals surface area contributed by atoms with Gasteiger partial charge in [0, 0.05) is 6.08 Å². The number of carbonyl (C=O) groups excluding carboxylic acids is 2. The summed E-state index contributed by atoms with van der Waals surface area (Å²) in [4.78, 5) is 20.7. The molecule has 0 rings (SSSR count). The van der Waals surface area contributed by atoms with Crippen LogP contribution in [0, 0.1) is 0 Å². The minimum atomic E-state index is -0.892. The van der Waals surface area contributed by atoms with Gasteiger partial charge in [-0.15, -0.1) is 0 Å². The minimum absolute atomic E-state index is 0.0200. The lowest BCUT2D eigenvalue weighted by molar-refractivity contribution is -0.140. The molecule has 0 aliphatic carbocycles. The van der Waals surface area contributed by atoms with Crippen LogP contribution < -0.4 is 5.73 Å². The first kappa shape index (κ1) is 10.5. The lowest BCUT2D eigenvalue weighted by Crippen LogP contribution is -2.25. The van der Waals surface area contributed by atoms with Crippen molar-refractivity contribution in [2.45, 2.75) is 13.0 Å². The number of hydrogen-bond donors (Lipinski definition) is 1. The van der Waals surface area contributed by atoms with E-state index >= 15 is 0 Å². The van der Waals surface area contributed by atoms with Crippen LogP contribution >= 0.6 is 0 Å². The predicted molar refractivity (Wildman–Crippen MR) is 41.3 cm³/mol. The van der Waals surface area contributed by atoms with Gasteiger partial charge in [-0.1, -0.05) is 6.58 Å². The van der Waals surface area contributed by atoms with E-state index in [1.54, 1.807) is 6.92 Å². The van der Waals surface area contributed by atoms with Crippen LogP contribution in [0.25, 0.3) is 0 Å². The van der Waals surface area contributed by atoms with Crippen LogP contribution in [-0.4, -0.2) is 24.8 Å². The Kier molecular flexibility index (Phi) is 4.52. The first-order valence-corrected chi connectivity index (χ1v) is 3.31. The number of rotatable bonds is 4. The number of hydrogen-bond acceptors (Lipinski definition) is 4. The van der Waals surface area contributed by atoms with Gasteiger partial charge in [0.25, 0.3) is 0 Å². The van der Waals surface area contributed by atoms with Gasteiger partial charge in [0.15, 0.2) is 0 Å². The van der Waals surface area contributed by atoms with E-state index in [-0.39, 0.29) is 6.61 Å². The lowest BCUT2D eigenvalue weighted by atomic mass is 10.4. The van der Waals surface area contributed by atoms with Crippen LogP contribution in [0.5, 0.6) is 0 Å². The second-order valence-corrected chi connectivity index (χ2v) is 2.08. The van der Waals surface area contributed by atoms with Crippen molar-refractivity contribution in [3.8, 4) is 0 Å². The largest absolute Gasteiger partial charge is 0.459 e. The van der Waals surface area contributed by atoms with E-state index in [9.17, 15) is 9.59 Å². The van der Waals surface area contributed by atoms with Crippen molar-refractivity contribution >= 4 is 12.1 Å². The van der Waals surface area contributed by atoms with Crippen molar-refractivity contribution in [2.24, 2.45) is 5.73 Å². The zero-order chi connectivity index (χ0) is 9.56. The average molecular weight is 173 g/mol. The Hall–Kier alpha value is -1.52. The molecule has 12 heavy (non-hydrogen) atoms. The summed E-state index contributed by atoms with van der Waals surface area (Å²) < 4.78 is 9.04. The van der Waals surface area contributed by atoms with Crippen LogP contribution in [0.4, 0.5) is 4.79 Å². The molecular weight excluding hydrogens is 162 g/mol. The molecule has 0 aromatic carbocycles. The summed E-state index contributed by atoms with van der Waals surface area (Å²) >= 11 is 0. The molecule has 2 N–H and O–H groups in total. The van der Waals surface area contributed by atoms with E-state index in [0.29, 0.717) is 0 Å². The molecule has 0 aliphatic heterocycles. The molecule has 0 aliphatic rings. The van der Waals surface area contributed by atoms with Crippen LogP contribution in [0.3, 0.4) is 0 Å². The van der Waals surface area contributed by atoms with Gasteiger partial charge in [-0.3, -0.25) is 0 Å². The fraction of sp³-hybridized carbons (Fsp3) is 0.429. The van der Waals surface area contributed by atoms with Gasteiger partial charge in [0.2, 0.25) is 0 Å². The number of amides is 1. The van der Waals surface area contributed by atoms with Crippen molar-refractivity contribution in [3.05, 3.63) is 12.7 Å². The fourth-order valence-electron chi connectivity index (χ4n) is 0.491. The molecule has 0 spiro atoms. The van der Waals surface area contributed by atoms with Crippen molar-refractivity contribution in [1.82, 2.24) is 0 Å². The Morgan fingerprint density at radius 3 is 2.67 bits per heavy atom. The van der Waals surface area contributed by atoms with Gasteiger partial charge in [0.05, 0.1) is 0 Å². The number of nitrogens with two attached hydrogens (primary N) is 1. The Balaban J connectivity index is 3.56. The van der Waals surface area contributed by atoms with Crippen molar-refractivity contribution in [2.75, 3.05) is 6.61 Å². The van der Waals surface area contributed by atoms with Crippen molar-refractivity contribution in [3.63, 3.8) is 0 Å². The third-order valence-corrected chi connectivity index (χ3v) is 0.944. The van der Waals surface area contributed by atoms with Gasteiger partial charge in [-0.2, -0.15) is 0 Å². The van der Waals surface area contributed by atoms with E-state index in [2.05, 4.69) is 16.1 Å². The van der Waals surface area contributed by atoms with E-state index in [4.69, 9.17) is 5.73 Å². The topological polar surface area (TPSA) is 78.6 Å². The molecule has 68 valence electrons. The highest BCUT2D eigenvalue weighted by Crippen LogP contribution is 1.92. The molecule has 1 amide bonds. The van der Waals surface area contributed by atoms with Crippen LogP contribution in [-0.2, 0) is 14.3 Å². The van der Waals surface area contributed by atoms with E-state index < -0.39 is 18.2 Å². The van der Waals surface area contributed by atoms with Crippen LogP contribution in [0.15, 0.2) is 12.7 Å². The van der Waals surface area contributed by atoms with E-state index in [1.807, 2.05) is 0 Å². The molecule has 0 saturated carbocycles. The molecular formula is C7H11NO4. The fourth-order valence-corrected chi connectivity index (χ4v) is 0.491. The smallest absolute Gasteiger partial charge is 0.404 e. The Morgan fingerprint density at radius 1 is 1.67 bits per heavy atom. The molecule has 0 radical (unpaired) electrons. The van der Waals surface area contributed by atoms with Gasteiger partial charge in [-0.25, -0.2) is 9.59 Å². The number of primary amides is 1. The van der Waals surface area contributed by atoms with E-state index in [0.717, 1.165) is 6.08 Å². The first-order valence-electron chi connectivity index (χ1n) is 3.31. The van der Waals surface area contributed by atoms with Gasteiger partial charge >= 0.3 is 12.1 Å². The quantitative estimate of drug-likeness (QED) is 0.486. The summed E-state index contributed by atoms with van der Waals surface area (Å²) in [5.41, 5.74) is 4.71. The summed E-state index contributed by atoms with van der Waals surface area (Å²) in [6, 6.07) is 0. The highest BCUT2D eigenvalue weighted by molar-refractivity contribution is 5.81. The highest BCUT2D eigenvalue weighted by atomic mass is 16.6. The Labute approximate surface area is 70.1 Å². The minimum Gasteiger partial charge on any atom is -0.459 e. The summed E-state index contributed by atoms with van der Waals surface area (Å²) in [6.45, 7) is 4.73. The zero-order valence-electron chi connectivity index (χ0n) is 6.78. The molecule has 0 unspecified atom stereocenters. The summed E-state index contributed by atoms with van der Waals surface area (Å²) in [5, 5.41) is 0. The molecule has 0 saturated heterocycles. The molecule has 5 nitrogen and oxygen atoms in total. The molecule has 0 bridgehead atoms. The Morgan fingerprint density at radius 2 is 2.25 bits per heavy atom. The van der Waals surface area contributed by atoms with Crippen molar-refractivity contribution < 1.29 is 19.1 Å². The second kappa shape index (κ2) is 5.17. The maximum atomic E-state index is 10.5. The third kappa shape index (κ3) is 5.28.